The van der Waals surface area contributed by atoms with Crippen molar-refractivity contribution in [2.75, 3.05) is 50.6 Å². The van der Waals surface area contributed by atoms with Crippen LogP contribution in [0, 0.1) is 5.41 Å². The quantitative estimate of drug-likeness (QED) is 0.343. The Bertz CT molecular complexity index is 1660. The van der Waals surface area contributed by atoms with Gasteiger partial charge in [0, 0.05) is 56.3 Å². The van der Waals surface area contributed by atoms with Crippen LogP contribution in [-0.4, -0.2) is 69.6 Å². The van der Waals surface area contributed by atoms with Crippen LogP contribution in [0.4, 0.5) is 17.3 Å². The molecule has 1 aliphatic heterocycles. The van der Waals surface area contributed by atoms with Crippen molar-refractivity contribution in [3.63, 3.8) is 0 Å². The molecule has 1 aromatic carbocycles. The fourth-order valence-corrected chi connectivity index (χ4v) is 6.45. The van der Waals surface area contributed by atoms with Gasteiger partial charge in [-0.25, -0.2) is 19.3 Å². The number of ether oxygens (including phenoxy) is 1. The molecule has 1 saturated heterocycles. The van der Waals surface area contributed by atoms with E-state index in [4.69, 9.17) is 14.7 Å². The zero-order valence-electron chi connectivity index (χ0n) is 23.7. The highest BCUT2D eigenvalue weighted by Gasteiger charge is 2.53. The predicted octanol–water partition coefficient (Wildman–Crippen LogP) is 4.07. The Morgan fingerprint density at radius 2 is 1.85 bits per heavy atom. The van der Waals surface area contributed by atoms with Crippen molar-refractivity contribution in [3.05, 3.63) is 76.9 Å². The van der Waals surface area contributed by atoms with Gasteiger partial charge in [-0.05, 0) is 68.6 Å². The number of nitrogens with one attached hydrogen (secondary N) is 1. The molecule has 1 saturated carbocycles. The Labute approximate surface area is 239 Å². The Morgan fingerprint density at radius 1 is 1.07 bits per heavy atom. The van der Waals surface area contributed by atoms with Crippen LogP contribution in [0.5, 0.6) is 0 Å². The van der Waals surface area contributed by atoms with Crippen molar-refractivity contribution in [1.29, 1.82) is 0 Å². The van der Waals surface area contributed by atoms with Crippen LogP contribution >= 0.6 is 0 Å². The largest absolute Gasteiger partial charge is 0.375 e. The number of likely N-dealkylation sites (N-methyl/N-ethyl adjacent to an activating group) is 1. The lowest BCUT2D eigenvalue weighted by atomic mass is 9.81. The summed E-state index contributed by atoms with van der Waals surface area (Å²) in [5.74, 6) is 1.05. The van der Waals surface area contributed by atoms with Gasteiger partial charge in [-0.15, -0.1) is 6.58 Å². The van der Waals surface area contributed by atoms with Gasteiger partial charge >= 0.3 is 0 Å². The molecule has 4 heterocycles. The zero-order valence-corrected chi connectivity index (χ0v) is 23.7. The first-order valence-corrected chi connectivity index (χ1v) is 14.4. The number of hydrogen-bond acceptors (Lipinski definition) is 8. The molecule has 3 aromatic heterocycles. The summed E-state index contributed by atoms with van der Waals surface area (Å²) >= 11 is 0. The van der Waals surface area contributed by atoms with Gasteiger partial charge in [0.2, 0.25) is 5.95 Å². The second-order valence-electron chi connectivity index (χ2n) is 11.6. The maximum absolute atomic E-state index is 13.4. The van der Waals surface area contributed by atoms with Crippen molar-refractivity contribution in [2.24, 2.45) is 5.41 Å². The van der Waals surface area contributed by atoms with E-state index < -0.39 is 0 Å². The molecule has 1 spiro atoms. The topological polar surface area (TPSA) is 93.3 Å². The number of piperazine rings is 1. The number of aromatic nitrogens is 5. The van der Waals surface area contributed by atoms with E-state index in [-0.39, 0.29) is 17.1 Å². The highest BCUT2D eigenvalue weighted by atomic mass is 16.5. The summed E-state index contributed by atoms with van der Waals surface area (Å²) in [7, 11) is 3.93. The average molecular weight is 553 g/mol. The standard InChI is InChI=1S/C31H36N8O2/c1-4-15-38-29(40)24-20-32-30(33-22-6-8-23(9-7-22)37-18-16-36(2)17-19-37)35-28(24)39(38)25-10-5-21-11-12-31(13-14-31)27(41-3)26(21)34-25/h4-10,20,27H,1,11-19H2,2-3H3,(H,32,33,35). The average Bonchev–Trinajstić information content (AvgIpc) is 3.71. The number of allylic oxidation sites excluding steroid dienone is 1. The summed E-state index contributed by atoms with van der Waals surface area (Å²) < 4.78 is 9.41. The summed E-state index contributed by atoms with van der Waals surface area (Å²) in [6.45, 7) is 8.36. The fourth-order valence-electron chi connectivity index (χ4n) is 6.45. The van der Waals surface area contributed by atoms with E-state index >= 15 is 0 Å². The Kier molecular flexibility index (Phi) is 6.39. The summed E-state index contributed by atoms with van der Waals surface area (Å²) in [6.07, 6.45) is 7.74. The van der Waals surface area contributed by atoms with Crippen LogP contribution in [0.1, 0.15) is 36.6 Å². The lowest BCUT2D eigenvalue weighted by Crippen LogP contribution is -2.44. The molecule has 1 atom stereocenters. The number of hydrogen-bond donors (Lipinski definition) is 1. The molecule has 1 unspecified atom stereocenters. The molecule has 212 valence electrons. The molecule has 7 rings (SSSR count). The molecule has 2 aliphatic carbocycles. The number of rotatable bonds is 7. The van der Waals surface area contributed by atoms with E-state index in [0.29, 0.717) is 29.3 Å². The predicted molar refractivity (Wildman–Crippen MR) is 160 cm³/mol. The third kappa shape index (κ3) is 4.51. The minimum atomic E-state index is -0.176. The fraction of sp³-hybridized carbons (Fsp3) is 0.419. The molecule has 10 nitrogen and oxygen atoms in total. The van der Waals surface area contributed by atoms with Gasteiger partial charge in [-0.1, -0.05) is 12.1 Å². The smallest absolute Gasteiger partial charge is 0.278 e. The van der Waals surface area contributed by atoms with Crippen LogP contribution < -0.4 is 15.8 Å². The molecule has 0 radical (unpaired) electrons. The molecule has 41 heavy (non-hydrogen) atoms. The number of nitrogens with zero attached hydrogens (tertiary/aromatic N) is 7. The van der Waals surface area contributed by atoms with Crippen LogP contribution in [0.3, 0.4) is 0 Å². The number of pyridine rings is 1. The minimum absolute atomic E-state index is 0.0340. The second-order valence-corrected chi connectivity index (χ2v) is 11.6. The number of aryl methyl sites for hydroxylation is 1. The maximum Gasteiger partial charge on any atom is 0.278 e. The molecule has 4 aromatic rings. The Hall–Kier alpha value is -4.02. The summed E-state index contributed by atoms with van der Waals surface area (Å²) in [6, 6.07) is 12.4. The van der Waals surface area contributed by atoms with Gasteiger partial charge in [0.25, 0.3) is 5.56 Å². The molecule has 10 heteroatoms. The van der Waals surface area contributed by atoms with E-state index in [9.17, 15) is 4.79 Å². The van der Waals surface area contributed by atoms with Gasteiger partial charge in [0.15, 0.2) is 11.5 Å². The molecule has 0 amide bonds. The summed E-state index contributed by atoms with van der Waals surface area (Å²) in [5, 5.41) is 3.76. The number of fused-ring (bicyclic) bond motifs is 2. The molecule has 0 bridgehead atoms. The molecule has 2 fully saturated rings. The van der Waals surface area contributed by atoms with E-state index in [1.807, 2.05) is 18.2 Å². The number of methoxy groups -OCH3 is 1. The molecular weight excluding hydrogens is 516 g/mol. The van der Waals surface area contributed by atoms with Crippen LogP contribution in [0.15, 0.2) is 60.0 Å². The van der Waals surface area contributed by atoms with E-state index in [1.54, 1.807) is 28.7 Å². The summed E-state index contributed by atoms with van der Waals surface area (Å²) in [4.78, 5) is 32.6. The number of anilines is 3. The first kappa shape index (κ1) is 25.9. The second kappa shape index (κ2) is 10.1. The molecule has 3 aliphatic rings. The van der Waals surface area contributed by atoms with Gasteiger partial charge in [-0.3, -0.25) is 4.79 Å². The van der Waals surface area contributed by atoms with Gasteiger partial charge < -0.3 is 19.9 Å². The van der Waals surface area contributed by atoms with Crippen LogP contribution in [-0.2, 0) is 17.7 Å². The van der Waals surface area contributed by atoms with Gasteiger partial charge in [0.1, 0.15) is 11.5 Å². The first-order chi connectivity index (χ1) is 20.0. The van der Waals surface area contributed by atoms with Crippen LogP contribution in [0.25, 0.3) is 16.9 Å². The van der Waals surface area contributed by atoms with Crippen molar-refractivity contribution in [1.82, 2.24) is 29.2 Å². The lowest BCUT2D eigenvalue weighted by Gasteiger charge is -2.34. The first-order valence-electron chi connectivity index (χ1n) is 14.4. The van der Waals surface area contributed by atoms with Crippen molar-refractivity contribution >= 4 is 28.4 Å². The van der Waals surface area contributed by atoms with Crippen molar-refractivity contribution < 1.29 is 4.74 Å². The van der Waals surface area contributed by atoms with E-state index in [1.165, 1.54) is 24.1 Å². The Balaban J connectivity index is 1.24. The highest BCUT2D eigenvalue weighted by molar-refractivity contribution is 5.77. The Morgan fingerprint density at radius 3 is 2.56 bits per heavy atom. The van der Waals surface area contributed by atoms with Gasteiger partial charge in [-0.2, -0.15) is 4.98 Å². The van der Waals surface area contributed by atoms with Crippen molar-refractivity contribution in [2.45, 2.75) is 38.3 Å². The molecule has 1 N–H and O–H groups in total. The third-order valence-corrected chi connectivity index (χ3v) is 9.01. The van der Waals surface area contributed by atoms with Gasteiger partial charge in [0.05, 0.1) is 12.2 Å². The minimum Gasteiger partial charge on any atom is -0.375 e. The number of benzene rings is 1. The zero-order chi connectivity index (χ0) is 28.1. The highest BCUT2D eigenvalue weighted by Crippen LogP contribution is 2.61. The summed E-state index contributed by atoms with van der Waals surface area (Å²) in [5.41, 5.74) is 4.80. The van der Waals surface area contributed by atoms with E-state index in [2.05, 4.69) is 51.9 Å². The van der Waals surface area contributed by atoms with Crippen molar-refractivity contribution in [3.8, 4) is 5.82 Å². The maximum atomic E-state index is 13.4. The monoisotopic (exact) mass is 552 g/mol. The third-order valence-electron chi connectivity index (χ3n) is 9.01. The SMILES string of the molecule is C=CCn1c(=O)c2cnc(Nc3ccc(N4CCN(C)CC4)cc3)nc2n1-c1ccc2c(n1)C(OC)C1(CC2)CC1. The lowest BCUT2D eigenvalue weighted by molar-refractivity contribution is 0.0239. The van der Waals surface area contributed by atoms with Crippen LogP contribution in [0.2, 0.25) is 0 Å². The normalized spacial score (nSPS) is 19.9. The van der Waals surface area contributed by atoms with E-state index in [0.717, 1.165) is 50.4 Å². The molecular formula is C31H36N8O2.